The molecule has 2 aromatic carbocycles. The molecule has 0 aliphatic carbocycles. The summed E-state index contributed by atoms with van der Waals surface area (Å²) in [5.41, 5.74) is 1.24. The summed E-state index contributed by atoms with van der Waals surface area (Å²) in [6.07, 6.45) is 0. The molecule has 2 aromatic rings. The number of carbonyl (C=O) groups excluding carboxylic acids is 2. The molecule has 3 N–H and O–H groups in total. The molecule has 0 fully saturated rings. The van der Waals surface area contributed by atoms with E-state index >= 15 is 0 Å². The Bertz CT molecular complexity index is 718. The number of carbonyl (C=O) groups is 2. The summed E-state index contributed by atoms with van der Waals surface area (Å²) in [6.45, 7) is 1.66. The topological polar surface area (TPSA) is 70.2 Å². The number of anilines is 2. The fourth-order valence-electron chi connectivity index (χ4n) is 2.01. The number of rotatable bonds is 5. The van der Waals surface area contributed by atoms with Crippen LogP contribution in [0.2, 0.25) is 0 Å². The molecule has 2 rings (SSSR count). The number of benzene rings is 2. The van der Waals surface area contributed by atoms with E-state index in [0.29, 0.717) is 11.3 Å². The van der Waals surface area contributed by atoms with Crippen LogP contribution in [0.25, 0.3) is 0 Å². The molecule has 1 atom stereocenters. The van der Waals surface area contributed by atoms with E-state index in [-0.39, 0.29) is 17.5 Å². The molecule has 0 saturated heterocycles. The monoisotopic (exact) mass is 315 g/mol. The van der Waals surface area contributed by atoms with Crippen molar-refractivity contribution in [1.82, 2.24) is 5.32 Å². The van der Waals surface area contributed by atoms with Crippen molar-refractivity contribution in [3.8, 4) is 0 Å². The number of halogens is 1. The molecule has 6 heteroatoms. The van der Waals surface area contributed by atoms with E-state index in [1.807, 2.05) is 0 Å². The quantitative estimate of drug-likeness (QED) is 0.794. The molecule has 0 aromatic heterocycles. The highest BCUT2D eigenvalue weighted by atomic mass is 19.1. The maximum Gasteiger partial charge on any atom is 0.251 e. The van der Waals surface area contributed by atoms with Crippen molar-refractivity contribution in [2.24, 2.45) is 0 Å². The Kier molecular flexibility index (Phi) is 5.30. The molecule has 0 unspecified atom stereocenters. The second kappa shape index (κ2) is 7.40. The summed E-state index contributed by atoms with van der Waals surface area (Å²) >= 11 is 0. The summed E-state index contributed by atoms with van der Waals surface area (Å²) in [6, 6.07) is 12.1. The van der Waals surface area contributed by atoms with Crippen LogP contribution < -0.4 is 16.0 Å². The lowest BCUT2D eigenvalue weighted by Crippen LogP contribution is -2.32. The summed E-state index contributed by atoms with van der Waals surface area (Å²) in [7, 11) is 1.55. The minimum absolute atomic E-state index is 0.130. The second-order valence-electron chi connectivity index (χ2n) is 5.00. The third-order valence-electron chi connectivity index (χ3n) is 3.26. The highest BCUT2D eigenvalue weighted by molar-refractivity contribution is 5.97. The minimum atomic E-state index is -0.602. The SMILES string of the molecule is CNC(=O)c1cccc(N[C@H](C)C(=O)Nc2ccccc2F)c1. The minimum Gasteiger partial charge on any atom is -0.374 e. The first-order valence-corrected chi connectivity index (χ1v) is 7.15. The Labute approximate surface area is 133 Å². The molecule has 0 aliphatic rings. The lowest BCUT2D eigenvalue weighted by molar-refractivity contribution is -0.116. The van der Waals surface area contributed by atoms with Gasteiger partial charge in [-0.15, -0.1) is 0 Å². The highest BCUT2D eigenvalue weighted by Gasteiger charge is 2.15. The van der Waals surface area contributed by atoms with Crippen molar-refractivity contribution in [2.75, 3.05) is 17.7 Å². The number of amides is 2. The Balaban J connectivity index is 2.04. The van der Waals surface area contributed by atoms with E-state index in [1.54, 1.807) is 50.4 Å². The van der Waals surface area contributed by atoms with E-state index in [2.05, 4.69) is 16.0 Å². The van der Waals surface area contributed by atoms with Crippen LogP contribution in [0.15, 0.2) is 48.5 Å². The van der Waals surface area contributed by atoms with Crippen molar-refractivity contribution < 1.29 is 14.0 Å². The van der Waals surface area contributed by atoms with Crippen LogP contribution in [0.5, 0.6) is 0 Å². The van der Waals surface area contributed by atoms with Gasteiger partial charge in [0.05, 0.1) is 5.69 Å². The summed E-state index contributed by atoms with van der Waals surface area (Å²) in [5.74, 6) is -1.08. The predicted octanol–water partition coefficient (Wildman–Crippen LogP) is 2.62. The lowest BCUT2D eigenvalue weighted by Gasteiger charge is -2.16. The normalized spacial score (nSPS) is 11.4. The van der Waals surface area contributed by atoms with Crippen LogP contribution in [-0.2, 0) is 4.79 Å². The van der Waals surface area contributed by atoms with Gasteiger partial charge in [0.25, 0.3) is 5.91 Å². The number of para-hydroxylation sites is 1. The van der Waals surface area contributed by atoms with Gasteiger partial charge >= 0.3 is 0 Å². The van der Waals surface area contributed by atoms with Gasteiger partial charge in [0.1, 0.15) is 11.9 Å². The summed E-state index contributed by atoms with van der Waals surface area (Å²) in [4.78, 5) is 23.7. The van der Waals surface area contributed by atoms with Crippen molar-refractivity contribution in [3.05, 3.63) is 59.9 Å². The van der Waals surface area contributed by atoms with Crippen molar-refractivity contribution >= 4 is 23.2 Å². The van der Waals surface area contributed by atoms with E-state index in [0.717, 1.165) is 0 Å². The standard InChI is InChI=1S/C17H18FN3O2/c1-11(16(22)21-15-9-4-3-8-14(15)18)20-13-7-5-6-12(10-13)17(23)19-2/h3-11,20H,1-2H3,(H,19,23)(H,21,22)/t11-/m1/s1. The molecule has 0 spiro atoms. The zero-order valence-electron chi connectivity index (χ0n) is 12.9. The second-order valence-corrected chi connectivity index (χ2v) is 5.00. The highest BCUT2D eigenvalue weighted by Crippen LogP contribution is 2.15. The van der Waals surface area contributed by atoms with Gasteiger partial charge in [-0.25, -0.2) is 4.39 Å². The van der Waals surface area contributed by atoms with Gasteiger partial charge < -0.3 is 16.0 Å². The van der Waals surface area contributed by atoms with Crippen LogP contribution in [0, 0.1) is 5.82 Å². The van der Waals surface area contributed by atoms with Gasteiger partial charge in [-0.3, -0.25) is 9.59 Å². The molecule has 0 heterocycles. The molecule has 0 radical (unpaired) electrons. The number of hydrogen-bond donors (Lipinski definition) is 3. The molecule has 120 valence electrons. The predicted molar refractivity (Wildman–Crippen MR) is 87.9 cm³/mol. The Morgan fingerprint density at radius 2 is 1.83 bits per heavy atom. The van der Waals surface area contributed by atoms with Gasteiger partial charge in [0.2, 0.25) is 5.91 Å². The number of hydrogen-bond acceptors (Lipinski definition) is 3. The first-order chi connectivity index (χ1) is 11.0. The van der Waals surface area contributed by atoms with E-state index in [9.17, 15) is 14.0 Å². The fourth-order valence-corrected chi connectivity index (χ4v) is 2.01. The van der Waals surface area contributed by atoms with Gasteiger partial charge in [-0.1, -0.05) is 18.2 Å². The van der Waals surface area contributed by atoms with Crippen LogP contribution in [-0.4, -0.2) is 24.9 Å². The third kappa shape index (κ3) is 4.29. The van der Waals surface area contributed by atoms with Crippen LogP contribution >= 0.6 is 0 Å². The Morgan fingerprint density at radius 1 is 1.09 bits per heavy atom. The average Bonchev–Trinajstić information content (AvgIpc) is 2.56. The maximum atomic E-state index is 13.5. The van der Waals surface area contributed by atoms with Crippen molar-refractivity contribution in [3.63, 3.8) is 0 Å². The smallest absolute Gasteiger partial charge is 0.251 e. The molecule has 0 saturated carbocycles. The van der Waals surface area contributed by atoms with Gasteiger partial charge in [0, 0.05) is 18.3 Å². The summed E-state index contributed by atoms with van der Waals surface area (Å²) < 4.78 is 13.5. The Morgan fingerprint density at radius 3 is 2.52 bits per heavy atom. The van der Waals surface area contributed by atoms with Gasteiger partial charge in [0.15, 0.2) is 0 Å². The molecule has 0 aliphatic heterocycles. The van der Waals surface area contributed by atoms with E-state index in [4.69, 9.17) is 0 Å². The van der Waals surface area contributed by atoms with E-state index in [1.165, 1.54) is 12.1 Å². The van der Waals surface area contributed by atoms with Gasteiger partial charge in [-0.2, -0.15) is 0 Å². The number of nitrogens with one attached hydrogen (secondary N) is 3. The lowest BCUT2D eigenvalue weighted by atomic mass is 10.1. The first kappa shape index (κ1) is 16.5. The zero-order valence-corrected chi connectivity index (χ0v) is 12.9. The molecule has 2 amide bonds. The first-order valence-electron chi connectivity index (χ1n) is 7.15. The Hall–Kier alpha value is -2.89. The van der Waals surface area contributed by atoms with Crippen LogP contribution in [0.1, 0.15) is 17.3 Å². The zero-order chi connectivity index (χ0) is 16.8. The van der Waals surface area contributed by atoms with Crippen molar-refractivity contribution in [1.29, 1.82) is 0 Å². The molecule has 23 heavy (non-hydrogen) atoms. The molecular formula is C17H18FN3O2. The van der Waals surface area contributed by atoms with Crippen molar-refractivity contribution in [2.45, 2.75) is 13.0 Å². The molecule has 5 nitrogen and oxygen atoms in total. The van der Waals surface area contributed by atoms with Crippen LogP contribution in [0.3, 0.4) is 0 Å². The summed E-state index contributed by atoms with van der Waals surface area (Å²) in [5, 5.41) is 8.05. The van der Waals surface area contributed by atoms with Gasteiger partial charge in [-0.05, 0) is 37.3 Å². The maximum absolute atomic E-state index is 13.5. The van der Waals surface area contributed by atoms with Crippen LogP contribution in [0.4, 0.5) is 15.8 Å². The third-order valence-corrected chi connectivity index (χ3v) is 3.26. The molecule has 0 bridgehead atoms. The average molecular weight is 315 g/mol. The fraction of sp³-hybridized carbons (Fsp3) is 0.176. The molecular weight excluding hydrogens is 297 g/mol. The largest absolute Gasteiger partial charge is 0.374 e. The van der Waals surface area contributed by atoms with E-state index < -0.39 is 11.9 Å².